The van der Waals surface area contributed by atoms with Crippen LogP contribution in [0.1, 0.15) is 28.8 Å². The molecule has 29 heavy (non-hydrogen) atoms. The molecule has 6 heteroatoms. The van der Waals surface area contributed by atoms with Crippen LogP contribution in [0.2, 0.25) is 0 Å². The number of nitrogens with one attached hydrogen (secondary N) is 2. The number of hydrogen-bond acceptors (Lipinski definition) is 3. The predicted molar refractivity (Wildman–Crippen MR) is 119 cm³/mol. The van der Waals surface area contributed by atoms with Crippen LogP contribution in [0.4, 0.5) is 5.69 Å². The molecule has 5 nitrogen and oxygen atoms in total. The summed E-state index contributed by atoms with van der Waals surface area (Å²) in [6.45, 7) is 0. The second-order valence-corrected chi connectivity index (χ2v) is 7.21. The molecule has 0 aliphatic rings. The summed E-state index contributed by atoms with van der Waals surface area (Å²) in [4.78, 5) is 24.7. The third-order valence-corrected chi connectivity index (χ3v) is 4.63. The Morgan fingerprint density at radius 2 is 1.45 bits per heavy atom. The standard InChI is InChI=1S/C23H20BrN3O2/c24-19-11-7-10-18(16-19)23(29)27-26-21(17-8-3-1-4-9-17)14-15-22(28)25-20-12-5-2-6-13-20/h1-13,16H,14-15H2,(H,25,28)(H,27,29). The molecule has 2 amide bonds. The molecule has 2 N–H and O–H groups in total. The van der Waals surface area contributed by atoms with E-state index in [0.29, 0.717) is 17.7 Å². The lowest BCUT2D eigenvalue weighted by molar-refractivity contribution is -0.116. The van der Waals surface area contributed by atoms with Gasteiger partial charge < -0.3 is 5.32 Å². The molecule has 0 spiro atoms. The Labute approximate surface area is 178 Å². The molecule has 0 heterocycles. The number of hydrazone groups is 1. The number of para-hydroxylation sites is 1. The van der Waals surface area contributed by atoms with E-state index in [4.69, 9.17) is 0 Å². The molecule has 0 atom stereocenters. The van der Waals surface area contributed by atoms with E-state index >= 15 is 0 Å². The first-order valence-electron chi connectivity index (χ1n) is 9.14. The zero-order valence-electron chi connectivity index (χ0n) is 15.6. The van der Waals surface area contributed by atoms with Gasteiger partial charge in [-0.05, 0) is 35.9 Å². The molecule has 0 bridgehead atoms. The van der Waals surface area contributed by atoms with E-state index in [1.165, 1.54) is 0 Å². The van der Waals surface area contributed by atoms with Crippen molar-refractivity contribution in [2.45, 2.75) is 12.8 Å². The molecule has 0 unspecified atom stereocenters. The van der Waals surface area contributed by atoms with Gasteiger partial charge in [0.05, 0.1) is 5.71 Å². The van der Waals surface area contributed by atoms with Gasteiger partial charge in [-0.3, -0.25) is 9.59 Å². The Bertz CT molecular complexity index is 1000. The first-order chi connectivity index (χ1) is 14.1. The summed E-state index contributed by atoms with van der Waals surface area (Å²) in [6.07, 6.45) is 0.636. The summed E-state index contributed by atoms with van der Waals surface area (Å²) in [7, 11) is 0. The maximum Gasteiger partial charge on any atom is 0.271 e. The van der Waals surface area contributed by atoms with Crippen LogP contribution in [0.15, 0.2) is 94.5 Å². The maximum atomic E-state index is 12.4. The Kier molecular flexibility index (Phi) is 7.30. The SMILES string of the molecule is O=C(CCC(=NNC(=O)c1cccc(Br)c1)c1ccccc1)Nc1ccccc1. The normalized spacial score (nSPS) is 11.0. The topological polar surface area (TPSA) is 70.6 Å². The molecule has 0 fully saturated rings. The van der Waals surface area contributed by atoms with E-state index in [0.717, 1.165) is 15.7 Å². The number of amides is 2. The van der Waals surface area contributed by atoms with Crippen molar-refractivity contribution in [3.05, 3.63) is 101 Å². The minimum absolute atomic E-state index is 0.113. The van der Waals surface area contributed by atoms with Gasteiger partial charge in [0.15, 0.2) is 0 Å². The Hall–Kier alpha value is -3.25. The number of halogens is 1. The van der Waals surface area contributed by atoms with Crippen molar-refractivity contribution in [1.29, 1.82) is 0 Å². The van der Waals surface area contributed by atoms with Crippen LogP contribution in [0.5, 0.6) is 0 Å². The summed E-state index contributed by atoms with van der Waals surface area (Å²) in [5.74, 6) is -0.424. The second kappa shape index (κ2) is 10.3. The van der Waals surface area contributed by atoms with E-state index in [-0.39, 0.29) is 18.2 Å². The van der Waals surface area contributed by atoms with Crippen molar-refractivity contribution in [3.8, 4) is 0 Å². The molecule has 0 saturated heterocycles. The highest BCUT2D eigenvalue weighted by atomic mass is 79.9. The number of carbonyl (C=O) groups excluding carboxylic acids is 2. The van der Waals surface area contributed by atoms with Gasteiger partial charge in [0, 0.05) is 28.6 Å². The van der Waals surface area contributed by atoms with Gasteiger partial charge in [-0.2, -0.15) is 5.10 Å². The van der Waals surface area contributed by atoms with Gasteiger partial charge in [-0.1, -0.05) is 70.5 Å². The average Bonchev–Trinajstić information content (AvgIpc) is 2.75. The van der Waals surface area contributed by atoms with E-state index in [2.05, 4.69) is 31.8 Å². The van der Waals surface area contributed by atoms with E-state index in [9.17, 15) is 9.59 Å². The lowest BCUT2D eigenvalue weighted by Gasteiger charge is -2.09. The van der Waals surface area contributed by atoms with Crippen molar-refractivity contribution in [1.82, 2.24) is 5.43 Å². The van der Waals surface area contributed by atoms with Gasteiger partial charge in [-0.15, -0.1) is 0 Å². The van der Waals surface area contributed by atoms with Crippen molar-refractivity contribution in [2.75, 3.05) is 5.32 Å². The van der Waals surface area contributed by atoms with Crippen LogP contribution < -0.4 is 10.7 Å². The summed E-state index contributed by atoms with van der Waals surface area (Å²) < 4.78 is 0.815. The highest BCUT2D eigenvalue weighted by molar-refractivity contribution is 9.10. The van der Waals surface area contributed by atoms with E-state index < -0.39 is 0 Å². The fraction of sp³-hybridized carbons (Fsp3) is 0.0870. The molecule has 3 rings (SSSR count). The third-order valence-electron chi connectivity index (χ3n) is 4.13. The first kappa shape index (κ1) is 20.5. The van der Waals surface area contributed by atoms with Crippen LogP contribution in [0.3, 0.4) is 0 Å². The smallest absolute Gasteiger partial charge is 0.271 e. The summed E-state index contributed by atoms with van der Waals surface area (Å²) >= 11 is 3.35. The summed E-state index contributed by atoms with van der Waals surface area (Å²) in [6, 6.07) is 25.9. The largest absolute Gasteiger partial charge is 0.326 e. The minimum Gasteiger partial charge on any atom is -0.326 e. The van der Waals surface area contributed by atoms with E-state index in [1.54, 1.807) is 18.2 Å². The Morgan fingerprint density at radius 1 is 0.793 bits per heavy atom. The number of hydrogen-bond donors (Lipinski definition) is 2. The molecule has 146 valence electrons. The molecule has 0 aromatic heterocycles. The van der Waals surface area contributed by atoms with Gasteiger partial charge in [0.25, 0.3) is 5.91 Å². The highest BCUT2D eigenvalue weighted by Gasteiger charge is 2.10. The number of benzene rings is 3. The van der Waals surface area contributed by atoms with Crippen LogP contribution in [-0.4, -0.2) is 17.5 Å². The zero-order valence-corrected chi connectivity index (χ0v) is 17.2. The molecule has 3 aromatic carbocycles. The quantitative estimate of drug-likeness (QED) is 0.393. The maximum absolute atomic E-state index is 12.4. The predicted octanol–water partition coefficient (Wildman–Crippen LogP) is 5.00. The molecule has 0 aliphatic heterocycles. The fourth-order valence-corrected chi connectivity index (χ4v) is 3.08. The molecule has 3 aromatic rings. The number of carbonyl (C=O) groups is 2. The number of rotatable bonds is 7. The molecule has 0 radical (unpaired) electrons. The number of nitrogens with zero attached hydrogens (tertiary/aromatic N) is 1. The summed E-state index contributed by atoms with van der Waals surface area (Å²) in [5, 5.41) is 7.16. The van der Waals surface area contributed by atoms with Crippen molar-refractivity contribution >= 4 is 39.1 Å². The van der Waals surface area contributed by atoms with Crippen molar-refractivity contribution in [2.24, 2.45) is 5.10 Å². The van der Waals surface area contributed by atoms with Crippen LogP contribution in [0, 0.1) is 0 Å². The molecular formula is C23H20BrN3O2. The van der Waals surface area contributed by atoms with Gasteiger partial charge in [0.1, 0.15) is 0 Å². The second-order valence-electron chi connectivity index (χ2n) is 6.29. The minimum atomic E-state index is -0.312. The first-order valence-corrected chi connectivity index (χ1v) is 9.94. The number of anilines is 1. The lowest BCUT2D eigenvalue weighted by Crippen LogP contribution is -2.21. The third kappa shape index (κ3) is 6.40. The Morgan fingerprint density at radius 3 is 2.14 bits per heavy atom. The highest BCUT2D eigenvalue weighted by Crippen LogP contribution is 2.12. The fourth-order valence-electron chi connectivity index (χ4n) is 2.68. The molecule has 0 saturated carbocycles. The summed E-state index contributed by atoms with van der Waals surface area (Å²) in [5.41, 5.74) is 5.33. The molecule has 0 aliphatic carbocycles. The lowest BCUT2D eigenvalue weighted by atomic mass is 10.1. The molecular weight excluding hydrogens is 430 g/mol. The van der Waals surface area contributed by atoms with Crippen molar-refractivity contribution < 1.29 is 9.59 Å². The average molecular weight is 450 g/mol. The zero-order chi connectivity index (χ0) is 20.5. The Balaban J connectivity index is 1.68. The van der Waals surface area contributed by atoms with Gasteiger partial charge in [0.2, 0.25) is 5.91 Å². The van der Waals surface area contributed by atoms with Crippen LogP contribution in [0.25, 0.3) is 0 Å². The van der Waals surface area contributed by atoms with Crippen molar-refractivity contribution in [3.63, 3.8) is 0 Å². The van der Waals surface area contributed by atoms with Gasteiger partial charge in [-0.25, -0.2) is 5.43 Å². The van der Waals surface area contributed by atoms with Gasteiger partial charge >= 0.3 is 0 Å². The van der Waals surface area contributed by atoms with Crippen LogP contribution >= 0.6 is 15.9 Å². The van der Waals surface area contributed by atoms with Crippen LogP contribution in [-0.2, 0) is 4.79 Å². The monoisotopic (exact) mass is 449 g/mol. The van der Waals surface area contributed by atoms with E-state index in [1.807, 2.05) is 66.7 Å².